The lowest BCUT2D eigenvalue weighted by Gasteiger charge is -2.44. The molecule has 2 rings (SSSR count). The van der Waals surface area contributed by atoms with Crippen LogP contribution in [0.3, 0.4) is 0 Å². The van der Waals surface area contributed by atoms with Gasteiger partial charge in [0.15, 0.2) is 0 Å². The molecule has 0 spiro atoms. The molecule has 0 saturated carbocycles. The molecule has 1 fully saturated rings. The van der Waals surface area contributed by atoms with Crippen molar-refractivity contribution < 1.29 is 0 Å². The third-order valence-electron chi connectivity index (χ3n) is 2.64. The van der Waals surface area contributed by atoms with E-state index in [0.717, 1.165) is 26.2 Å². The second-order valence-corrected chi connectivity index (χ2v) is 3.62. The molecule has 0 radical (unpaired) electrons. The molecule has 0 N–H and O–H groups in total. The molecule has 13 heavy (non-hydrogen) atoms. The van der Waals surface area contributed by atoms with E-state index >= 15 is 0 Å². The molecule has 72 valence electrons. The number of rotatable bonds is 1. The fraction of sp³-hybridized carbons (Fsp3) is 0.600. The fourth-order valence-electron chi connectivity index (χ4n) is 1.89. The summed E-state index contributed by atoms with van der Waals surface area (Å²) in [5.74, 6) is 0. The van der Waals surface area contributed by atoms with E-state index in [1.54, 1.807) is 0 Å². The molecule has 3 heteroatoms. The monoisotopic (exact) mass is 179 g/mol. The number of hydrazine groups is 1. The van der Waals surface area contributed by atoms with Crippen molar-refractivity contribution in [2.24, 2.45) is 0 Å². The lowest BCUT2D eigenvalue weighted by Crippen LogP contribution is -2.50. The van der Waals surface area contributed by atoms with Gasteiger partial charge in [-0.05, 0) is 26.1 Å². The summed E-state index contributed by atoms with van der Waals surface area (Å²) >= 11 is 0. The third-order valence-corrected chi connectivity index (χ3v) is 2.64. The van der Waals surface area contributed by atoms with Crippen LogP contribution in [-0.4, -0.2) is 48.1 Å². The molecule has 2 heterocycles. The Kier molecular flexibility index (Phi) is 2.27. The van der Waals surface area contributed by atoms with Crippen LogP contribution in [0.2, 0.25) is 0 Å². The predicted molar refractivity (Wildman–Crippen MR) is 53.8 cm³/mol. The summed E-state index contributed by atoms with van der Waals surface area (Å²) in [5.41, 5.74) is 1.41. The van der Waals surface area contributed by atoms with Crippen LogP contribution < -0.4 is 0 Å². The van der Waals surface area contributed by atoms with E-state index < -0.39 is 0 Å². The van der Waals surface area contributed by atoms with Gasteiger partial charge < -0.3 is 0 Å². The first-order chi connectivity index (χ1) is 6.31. The van der Waals surface area contributed by atoms with Crippen molar-refractivity contribution in [2.45, 2.75) is 6.92 Å². The van der Waals surface area contributed by atoms with Gasteiger partial charge in [-0.2, -0.15) is 0 Å². The van der Waals surface area contributed by atoms with Crippen LogP contribution in [0, 0.1) is 0 Å². The van der Waals surface area contributed by atoms with Crippen molar-refractivity contribution in [1.29, 1.82) is 0 Å². The van der Waals surface area contributed by atoms with Crippen LogP contribution in [-0.2, 0) is 0 Å². The summed E-state index contributed by atoms with van der Waals surface area (Å²) in [6.07, 6.45) is 6.49. The summed E-state index contributed by atoms with van der Waals surface area (Å²) < 4.78 is 0. The summed E-state index contributed by atoms with van der Waals surface area (Å²) in [6, 6.07) is 0. The maximum absolute atomic E-state index is 2.38. The zero-order valence-electron chi connectivity index (χ0n) is 8.40. The Hall–Kier alpha value is -0.960. The zero-order chi connectivity index (χ0) is 9.26. The first-order valence-electron chi connectivity index (χ1n) is 4.91. The number of hydrogen-bond donors (Lipinski definition) is 0. The topological polar surface area (TPSA) is 9.72 Å². The first kappa shape index (κ1) is 8.63. The van der Waals surface area contributed by atoms with Gasteiger partial charge in [0.1, 0.15) is 0 Å². The first-order valence-corrected chi connectivity index (χ1v) is 4.91. The molecular formula is C10H17N3. The Morgan fingerprint density at radius 2 is 2.23 bits per heavy atom. The fourth-order valence-corrected chi connectivity index (χ4v) is 1.89. The van der Waals surface area contributed by atoms with Crippen LogP contribution in [0.4, 0.5) is 0 Å². The molecule has 0 amide bonds. The highest BCUT2D eigenvalue weighted by atomic mass is 15.6. The molecule has 1 saturated heterocycles. The maximum atomic E-state index is 2.38. The smallest absolute Gasteiger partial charge is 0.0520 e. The molecule has 2 aliphatic rings. The van der Waals surface area contributed by atoms with E-state index in [0.29, 0.717) is 0 Å². The highest BCUT2D eigenvalue weighted by Crippen LogP contribution is 2.18. The van der Waals surface area contributed by atoms with Crippen LogP contribution in [0.1, 0.15) is 6.92 Å². The van der Waals surface area contributed by atoms with Crippen molar-refractivity contribution in [3.05, 3.63) is 24.0 Å². The Bertz CT molecular complexity index is 245. The minimum Gasteiger partial charge on any atom is -0.299 e. The van der Waals surface area contributed by atoms with Crippen molar-refractivity contribution in [3.63, 3.8) is 0 Å². The molecule has 3 nitrogen and oxygen atoms in total. The van der Waals surface area contributed by atoms with E-state index in [4.69, 9.17) is 0 Å². The van der Waals surface area contributed by atoms with Crippen molar-refractivity contribution >= 4 is 0 Å². The van der Waals surface area contributed by atoms with Gasteiger partial charge in [0.2, 0.25) is 0 Å². The van der Waals surface area contributed by atoms with Crippen LogP contribution in [0.25, 0.3) is 0 Å². The Labute approximate surface area is 79.9 Å². The number of hydrogen-bond acceptors (Lipinski definition) is 3. The summed E-state index contributed by atoms with van der Waals surface area (Å²) in [6.45, 7) is 6.58. The summed E-state index contributed by atoms with van der Waals surface area (Å²) in [4.78, 5) is 2.36. The van der Waals surface area contributed by atoms with E-state index in [2.05, 4.69) is 47.2 Å². The lowest BCUT2D eigenvalue weighted by molar-refractivity contribution is 0.0240. The van der Waals surface area contributed by atoms with Crippen molar-refractivity contribution in [1.82, 2.24) is 14.9 Å². The predicted octanol–water partition coefficient (Wildman–Crippen LogP) is 0.882. The summed E-state index contributed by atoms with van der Waals surface area (Å²) in [7, 11) is 2.17. The zero-order valence-corrected chi connectivity index (χ0v) is 8.40. The van der Waals surface area contributed by atoms with E-state index in [-0.39, 0.29) is 0 Å². The molecular weight excluding hydrogens is 162 g/mol. The van der Waals surface area contributed by atoms with Crippen LogP contribution in [0.5, 0.6) is 0 Å². The second kappa shape index (κ2) is 3.42. The normalized spacial score (nSPS) is 23.1. The number of allylic oxidation sites excluding steroid dienone is 2. The Balaban J connectivity index is 2.14. The molecule has 0 bridgehead atoms. The average Bonchev–Trinajstić information content (AvgIpc) is 2.16. The molecule has 0 atom stereocenters. The van der Waals surface area contributed by atoms with Gasteiger partial charge in [-0.15, -0.1) is 0 Å². The third kappa shape index (κ3) is 1.56. The summed E-state index contributed by atoms with van der Waals surface area (Å²) in [5, 5.41) is 4.66. The van der Waals surface area contributed by atoms with Crippen molar-refractivity contribution in [2.75, 3.05) is 33.2 Å². The minimum atomic E-state index is 1.05. The van der Waals surface area contributed by atoms with E-state index in [1.807, 2.05) is 0 Å². The molecule has 0 unspecified atom stereocenters. The van der Waals surface area contributed by atoms with Gasteiger partial charge in [-0.25, -0.2) is 0 Å². The molecule has 0 aliphatic carbocycles. The highest BCUT2D eigenvalue weighted by molar-refractivity contribution is 5.18. The average molecular weight is 179 g/mol. The Morgan fingerprint density at radius 1 is 1.38 bits per heavy atom. The van der Waals surface area contributed by atoms with Gasteiger partial charge in [0.25, 0.3) is 0 Å². The van der Waals surface area contributed by atoms with Crippen LogP contribution in [0.15, 0.2) is 24.0 Å². The molecule has 0 aromatic rings. The van der Waals surface area contributed by atoms with Gasteiger partial charge in [-0.1, -0.05) is 0 Å². The number of fused-ring (bicyclic) bond motifs is 1. The van der Waals surface area contributed by atoms with E-state index in [1.165, 1.54) is 5.70 Å². The van der Waals surface area contributed by atoms with Gasteiger partial charge >= 0.3 is 0 Å². The molecule has 0 aromatic heterocycles. The molecule has 0 aromatic carbocycles. The molecule has 2 aliphatic heterocycles. The van der Waals surface area contributed by atoms with Crippen molar-refractivity contribution in [3.8, 4) is 0 Å². The number of nitrogens with zero attached hydrogens (tertiary/aromatic N) is 3. The van der Waals surface area contributed by atoms with Gasteiger partial charge in [0.05, 0.1) is 6.54 Å². The maximum Gasteiger partial charge on any atom is 0.0520 e. The lowest BCUT2D eigenvalue weighted by atomic mass is 10.2. The standard InChI is InChI=1S/C10H17N3/c1-3-12-6-4-5-10-9-11(2)7-8-13(10)12/h4-6H,3,7-9H2,1-2H3. The van der Waals surface area contributed by atoms with Gasteiger partial charge in [-0.3, -0.25) is 14.9 Å². The highest BCUT2D eigenvalue weighted by Gasteiger charge is 2.22. The largest absolute Gasteiger partial charge is 0.299 e. The van der Waals surface area contributed by atoms with E-state index in [9.17, 15) is 0 Å². The minimum absolute atomic E-state index is 1.05. The number of likely N-dealkylation sites (N-methyl/N-ethyl adjacent to an activating group) is 1. The van der Waals surface area contributed by atoms with Gasteiger partial charge in [0, 0.05) is 31.5 Å². The SMILES string of the molecule is CCN1C=CC=C2CN(C)CCN21. The number of piperazine rings is 1. The quantitative estimate of drug-likeness (QED) is 0.591. The Morgan fingerprint density at radius 3 is 3.00 bits per heavy atom. The van der Waals surface area contributed by atoms with Crippen LogP contribution >= 0.6 is 0 Å². The second-order valence-electron chi connectivity index (χ2n) is 3.62.